The van der Waals surface area contributed by atoms with Crippen LogP contribution >= 0.6 is 0 Å². The molecule has 0 aromatic rings. The first-order chi connectivity index (χ1) is 5.13. The van der Waals surface area contributed by atoms with Gasteiger partial charge in [0.2, 0.25) is 5.91 Å². The minimum Gasteiger partial charge on any atom is -0.750 e. The molecule has 0 aliphatic rings. The highest BCUT2D eigenvalue weighted by atomic mass is 32.2. The summed E-state index contributed by atoms with van der Waals surface area (Å²) in [7, 11) is 0. The van der Waals surface area contributed by atoms with Crippen LogP contribution in [0.25, 0.3) is 0 Å². The summed E-state index contributed by atoms with van der Waals surface area (Å²) >= 11 is -2.49. The normalized spacial score (nSPS) is 12.8. The molecule has 66 valence electrons. The summed E-state index contributed by atoms with van der Waals surface area (Å²) in [6.45, 7) is 0.301. The standard InChI is InChI=1S/C4H10N2O4S/c5-4(7)3-6-1-2-10-11(8)9/h6H,1-3H2,(H2,5,7)(H,8,9)/p-1. The van der Waals surface area contributed by atoms with E-state index in [1.165, 1.54) is 0 Å². The summed E-state index contributed by atoms with van der Waals surface area (Å²) in [6, 6.07) is 0. The van der Waals surface area contributed by atoms with E-state index in [9.17, 15) is 13.6 Å². The van der Waals surface area contributed by atoms with Crippen LogP contribution < -0.4 is 11.1 Å². The van der Waals surface area contributed by atoms with E-state index in [4.69, 9.17) is 5.73 Å². The molecule has 0 rings (SSSR count). The molecular formula is C4H9N2O4S-. The van der Waals surface area contributed by atoms with Crippen LogP contribution in [0, 0.1) is 0 Å². The molecule has 0 spiro atoms. The average molecular weight is 181 g/mol. The molecule has 0 saturated carbocycles. The third kappa shape index (κ3) is 9.50. The van der Waals surface area contributed by atoms with Crippen molar-refractivity contribution in [1.82, 2.24) is 5.32 Å². The van der Waals surface area contributed by atoms with E-state index in [0.717, 1.165) is 0 Å². The quantitative estimate of drug-likeness (QED) is 0.360. The second-order valence-corrected chi connectivity index (χ2v) is 2.31. The molecule has 0 aliphatic heterocycles. The molecule has 11 heavy (non-hydrogen) atoms. The topological polar surface area (TPSA) is 104 Å². The highest BCUT2D eigenvalue weighted by molar-refractivity contribution is 7.74. The van der Waals surface area contributed by atoms with Crippen molar-refractivity contribution in [2.24, 2.45) is 5.73 Å². The van der Waals surface area contributed by atoms with Gasteiger partial charge in [0.05, 0.1) is 24.5 Å². The predicted molar refractivity (Wildman–Crippen MR) is 36.9 cm³/mol. The van der Waals surface area contributed by atoms with Gasteiger partial charge in [-0.25, -0.2) is 4.21 Å². The summed E-state index contributed by atoms with van der Waals surface area (Å²) in [6.07, 6.45) is 0. The van der Waals surface area contributed by atoms with E-state index in [1.54, 1.807) is 0 Å². The van der Waals surface area contributed by atoms with Crippen LogP contribution in [0.5, 0.6) is 0 Å². The lowest BCUT2D eigenvalue weighted by Gasteiger charge is -2.05. The van der Waals surface area contributed by atoms with Gasteiger partial charge in [0.1, 0.15) is 0 Å². The first-order valence-corrected chi connectivity index (χ1v) is 3.84. The van der Waals surface area contributed by atoms with Gasteiger partial charge in [-0.2, -0.15) is 0 Å². The highest BCUT2D eigenvalue weighted by Crippen LogP contribution is 1.75. The van der Waals surface area contributed by atoms with Gasteiger partial charge < -0.3 is 15.6 Å². The maximum absolute atomic E-state index is 10.1. The molecule has 0 radical (unpaired) electrons. The summed E-state index contributed by atoms with van der Waals surface area (Å²) in [5, 5.41) is 2.57. The maximum Gasteiger partial charge on any atom is 0.231 e. The minimum absolute atomic E-state index is 0.00336. The van der Waals surface area contributed by atoms with Gasteiger partial charge in [-0.1, -0.05) is 0 Å². The molecule has 0 bridgehead atoms. The number of primary amides is 1. The van der Waals surface area contributed by atoms with Crippen LogP contribution in [0.15, 0.2) is 0 Å². The second kappa shape index (κ2) is 6.23. The number of hydrogen-bond acceptors (Lipinski definition) is 5. The number of rotatable bonds is 6. The van der Waals surface area contributed by atoms with Crippen LogP contribution in [0.1, 0.15) is 0 Å². The second-order valence-electron chi connectivity index (χ2n) is 1.67. The van der Waals surface area contributed by atoms with E-state index >= 15 is 0 Å². The van der Waals surface area contributed by atoms with Crippen molar-refractivity contribution in [3.8, 4) is 0 Å². The van der Waals surface area contributed by atoms with Gasteiger partial charge in [0.25, 0.3) is 0 Å². The Morgan fingerprint density at radius 3 is 2.82 bits per heavy atom. The Labute approximate surface area is 66.6 Å². The molecular weight excluding hydrogens is 172 g/mol. The fourth-order valence-corrected chi connectivity index (χ4v) is 0.613. The summed E-state index contributed by atoms with van der Waals surface area (Å²) in [4.78, 5) is 10.1. The molecule has 1 amide bonds. The number of carbonyl (C=O) groups excluding carboxylic acids is 1. The Morgan fingerprint density at radius 2 is 2.36 bits per heavy atom. The highest BCUT2D eigenvalue weighted by Gasteiger charge is 1.91. The van der Waals surface area contributed by atoms with Gasteiger partial charge in [-0.15, -0.1) is 0 Å². The fourth-order valence-electron chi connectivity index (χ4n) is 0.393. The Kier molecular flexibility index (Phi) is 5.94. The largest absolute Gasteiger partial charge is 0.750 e. The van der Waals surface area contributed by atoms with E-state index in [0.29, 0.717) is 0 Å². The fraction of sp³-hybridized carbons (Fsp3) is 0.750. The van der Waals surface area contributed by atoms with Crippen molar-refractivity contribution in [1.29, 1.82) is 0 Å². The molecule has 0 heterocycles. The Morgan fingerprint density at radius 1 is 1.73 bits per heavy atom. The third-order valence-corrected chi connectivity index (χ3v) is 1.12. The summed E-state index contributed by atoms with van der Waals surface area (Å²) in [5.74, 6) is -0.492. The summed E-state index contributed by atoms with van der Waals surface area (Å²) < 4.78 is 23.6. The predicted octanol–water partition coefficient (Wildman–Crippen LogP) is -2.13. The molecule has 1 unspecified atom stereocenters. The SMILES string of the molecule is NC(=O)CNCCOS(=O)[O-]. The first kappa shape index (κ1) is 10.5. The molecule has 1 atom stereocenters. The third-order valence-electron chi connectivity index (χ3n) is 0.758. The van der Waals surface area contributed by atoms with Crippen LogP contribution in [-0.2, 0) is 20.3 Å². The van der Waals surface area contributed by atoms with Crippen LogP contribution in [0.4, 0.5) is 0 Å². The van der Waals surface area contributed by atoms with Crippen molar-refractivity contribution in [3.63, 3.8) is 0 Å². The Bertz CT molecular complexity index is 135. The number of nitrogens with one attached hydrogen (secondary N) is 1. The van der Waals surface area contributed by atoms with Gasteiger partial charge in [0, 0.05) is 6.54 Å². The van der Waals surface area contributed by atoms with E-state index < -0.39 is 17.3 Å². The molecule has 6 nitrogen and oxygen atoms in total. The molecule has 0 aliphatic carbocycles. The van der Waals surface area contributed by atoms with Crippen LogP contribution in [0.2, 0.25) is 0 Å². The number of hydrogen-bond donors (Lipinski definition) is 2. The summed E-state index contributed by atoms with van der Waals surface area (Å²) in [5.41, 5.74) is 4.77. The zero-order valence-electron chi connectivity index (χ0n) is 5.74. The maximum atomic E-state index is 10.1. The lowest BCUT2D eigenvalue weighted by molar-refractivity contribution is -0.117. The van der Waals surface area contributed by atoms with E-state index in [2.05, 4.69) is 9.50 Å². The van der Waals surface area contributed by atoms with Gasteiger partial charge >= 0.3 is 0 Å². The zero-order chi connectivity index (χ0) is 8.69. The number of nitrogens with two attached hydrogens (primary N) is 1. The monoisotopic (exact) mass is 181 g/mol. The van der Waals surface area contributed by atoms with Crippen LogP contribution in [0.3, 0.4) is 0 Å². The molecule has 0 saturated heterocycles. The zero-order valence-corrected chi connectivity index (χ0v) is 6.56. The van der Waals surface area contributed by atoms with Crippen LogP contribution in [-0.4, -0.2) is 34.4 Å². The Hall–Kier alpha value is -0.500. The van der Waals surface area contributed by atoms with Crippen molar-refractivity contribution in [2.75, 3.05) is 19.7 Å². The van der Waals surface area contributed by atoms with E-state index in [1.807, 2.05) is 0 Å². The molecule has 0 aromatic heterocycles. The van der Waals surface area contributed by atoms with Crippen molar-refractivity contribution in [2.45, 2.75) is 0 Å². The first-order valence-electron chi connectivity index (χ1n) is 2.84. The number of carbonyl (C=O) groups is 1. The Balaban J connectivity index is 3.03. The molecule has 0 fully saturated rings. The molecule has 3 N–H and O–H groups in total. The van der Waals surface area contributed by atoms with Gasteiger partial charge in [-0.3, -0.25) is 8.98 Å². The lowest BCUT2D eigenvalue weighted by Crippen LogP contribution is -2.30. The lowest BCUT2D eigenvalue weighted by atomic mass is 10.6. The minimum atomic E-state index is -2.49. The van der Waals surface area contributed by atoms with Gasteiger partial charge in [0.15, 0.2) is 0 Å². The van der Waals surface area contributed by atoms with Crippen molar-refractivity contribution >= 4 is 17.3 Å². The molecule has 0 aromatic carbocycles. The molecule has 7 heteroatoms. The van der Waals surface area contributed by atoms with E-state index in [-0.39, 0.29) is 19.7 Å². The number of amides is 1. The smallest absolute Gasteiger partial charge is 0.231 e. The van der Waals surface area contributed by atoms with Crippen molar-refractivity contribution in [3.05, 3.63) is 0 Å². The van der Waals surface area contributed by atoms with Crippen molar-refractivity contribution < 1.29 is 17.7 Å². The van der Waals surface area contributed by atoms with Gasteiger partial charge in [-0.05, 0) is 0 Å². The average Bonchev–Trinajstić information content (AvgIpc) is 1.85.